The summed E-state index contributed by atoms with van der Waals surface area (Å²) in [5, 5.41) is 20.6. The Kier molecular flexibility index (Phi) is 4.60. The van der Waals surface area contributed by atoms with E-state index in [1.807, 2.05) is 0 Å². The number of aromatic nitrogens is 2. The summed E-state index contributed by atoms with van der Waals surface area (Å²) in [5.74, 6) is 1.89. The molecule has 0 spiro atoms. The van der Waals surface area contributed by atoms with Gasteiger partial charge in [-0.2, -0.15) is 0 Å². The summed E-state index contributed by atoms with van der Waals surface area (Å²) in [5.41, 5.74) is 1.24. The number of nitrogens with zero attached hydrogens (tertiary/aromatic N) is 2. The van der Waals surface area contributed by atoms with E-state index in [1.165, 1.54) is 13.2 Å². The molecular weight excluding hydrogens is 326 g/mol. The van der Waals surface area contributed by atoms with Gasteiger partial charge >= 0.3 is 6.01 Å². The lowest BCUT2D eigenvalue weighted by molar-refractivity contribution is 0.373. The highest BCUT2D eigenvalue weighted by Gasteiger charge is 2.13. The number of methoxy groups -OCH3 is 3. The summed E-state index contributed by atoms with van der Waals surface area (Å²) in [6.07, 6.45) is 0. The largest absolute Gasteiger partial charge is 0.504 e. The molecule has 0 saturated carbocycles. The van der Waals surface area contributed by atoms with Crippen LogP contribution in [0.25, 0.3) is 11.5 Å². The molecule has 8 nitrogen and oxygen atoms in total. The minimum Gasteiger partial charge on any atom is -0.504 e. The minimum atomic E-state index is 0.0326. The Morgan fingerprint density at radius 3 is 2.44 bits per heavy atom. The molecule has 0 amide bonds. The van der Waals surface area contributed by atoms with E-state index in [2.05, 4.69) is 15.5 Å². The van der Waals surface area contributed by atoms with Crippen molar-refractivity contribution in [1.29, 1.82) is 0 Å². The van der Waals surface area contributed by atoms with Crippen molar-refractivity contribution in [2.24, 2.45) is 0 Å². The zero-order chi connectivity index (χ0) is 17.8. The Labute approximate surface area is 144 Å². The van der Waals surface area contributed by atoms with Gasteiger partial charge in [-0.3, -0.25) is 0 Å². The number of ether oxygens (including phenoxy) is 3. The van der Waals surface area contributed by atoms with E-state index in [0.717, 1.165) is 0 Å². The van der Waals surface area contributed by atoms with E-state index >= 15 is 0 Å². The highest BCUT2D eigenvalue weighted by molar-refractivity contribution is 5.65. The number of anilines is 2. The molecule has 25 heavy (non-hydrogen) atoms. The molecule has 2 N–H and O–H groups in total. The normalized spacial score (nSPS) is 10.4. The van der Waals surface area contributed by atoms with Gasteiger partial charge in [-0.25, -0.2) is 0 Å². The summed E-state index contributed by atoms with van der Waals surface area (Å²) in [6.45, 7) is 0. The van der Waals surface area contributed by atoms with Gasteiger partial charge in [0, 0.05) is 11.6 Å². The summed E-state index contributed by atoms with van der Waals surface area (Å²) < 4.78 is 21.2. The number of benzene rings is 2. The Balaban J connectivity index is 1.87. The van der Waals surface area contributed by atoms with Gasteiger partial charge in [-0.15, -0.1) is 5.10 Å². The van der Waals surface area contributed by atoms with Crippen LogP contribution in [0.2, 0.25) is 0 Å². The van der Waals surface area contributed by atoms with Gasteiger partial charge in [0.2, 0.25) is 5.89 Å². The lowest BCUT2D eigenvalue weighted by atomic mass is 10.2. The van der Waals surface area contributed by atoms with Gasteiger partial charge in [-0.05, 0) is 30.3 Å². The lowest BCUT2D eigenvalue weighted by Crippen LogP contribution is -1.95. The molecule has 2 aromatic carbocycles. The van der Waals surface area contributed by atoms with Crippen LogP contribution in [0.5, 0.6) is 23.0 Å². The van der Waals surface area contributed by atoms with Crippen molar-refractivity contribution < 1.29 is 23.7 Å². The number of nitrogens with one attached hydrogen (secondary N) is 1. The molecule has 0 saturated heterocycles. The highest BCUT2D eigenvalue weighted by atomic mass is 16.5. The van der Waals surface area contributed by atoms with Crippen LogP contribution in [-0.4, -0.2) is 36.6 Å². The maximum absolute atomic E-state index is 9.66. The van der Waals surface area contributed by atoms with Gasteiger partial charge in [0.15, 0.2) is 11.5 Å². The predicted molar refractivity (Wildman–Crippen MR) is 90.8 cm³/mol. The molecule has 0 atom stereocenters. The maximum Gasteiger partial charge on any atom is 0.320 e. The SMILES string of the molecule is COc1ccc(OC)c(Nc2nnc(-c3ccc(O)c(OC)c3)o2)c1. The fourth-order valence-electron chi connectivity index (χ4n) is 2.23. The van der Waals surface area contributed by atoms with Crippen LogP contribution in [0.1, 0.15) is 0 Å². The van der Waals surface area contributed by atoms with E-state index in [4.69, 9.17) is 18.6 Å². The smallest absolute Gasteiger partial charge is 0.320 e. The van der Waals surface area contributed by atoms with Crippen molar-refractivity contribution in [3.8, 4) is 34.5 Å². The summed E-state index contributed by atoms with van der Waals surface area (Å²) in [4.78, 5) is 0. The van der Waals surface area contributed by atoms with Crippen molar-refractivity contribution >= 4 is 11.7 Å². The van der Waals surface area contributed by atoms with Crippen molar-refractivity contribution in [2.45, 2.75) is 0 Å². The van der Waals surface area contributed by atoms with Gasteiger partial charge in [0.05, 0.1) is 27.0 Å². The zero-order valence-electron chi connectivity index (χ0n) is 13.9. The van der Waals surface area contributed by atoms with Crippen LogP contribution in [0.15, 0.2) is 40.8 Å². The highest BCUT2D eigenvalue weighted by Crippen LogP contribution is 2.34. The Bertz CT molecular complexity index is 878. The zero-order valence-corrected chi connectivity index (χ0v) is 13.9. The molecule has 0 aliphatic carbocycles. The van der Waals surface area contributed by atoms with Crippen molar-refractivity contribution in [1.82, 2.24) is 10.2 Å². The molecule has 0 aliphatic rings. The fraction of sp³-hybridized carbons (Fsp3) is 0.176. The number of hydrogen-bond donors (Lipinski definition) is 2. The third-order valence-corrected chi connectivity index (χ3v) is 3.50. The van der Waals surface area contributed by atoms with Crippen LogP contribution >= 0.6 is 0 Å². The summed E-state index contributed by atoms with van der Waals surface area (Å²) in [6, 6.07) is 10.3. The first-order valence-electron chi connectivity index (χ1n) is 7.34. The van der Waals surface area contributed by atoms with Crippen LogP contribution < -0.4 is 19.5 Å². The van der Waals surface area contributed by atoms with Crippen LogP contribution in [-0.2, 0) is 0 Å². The Hall–Kier alpha value is -3.42. The minimum absolute atomic E-state index is 0.0326. The summed E-state index contributed by atoms with van der Waals surface area (Å²) in [7, 11) is 4.61. The topological polar surface area (TPSA) is 98.9 Å². The second-order valence-electron chi connectivity index (χ2n) is 4.99. The van der Waals surface area contributed by atoms with Crippen LogP contribution in [0.3, 0.4) is 0 Å². The van der Waals surface area contributed by atoms with E-state index in [-0.39, 0.29) is 17.7 Å². The first kappa shape index (κ1) is 16.4. The van der Waals surface area contributed by atoms with Crippen LogP contribution in [0, 0.1) is 0 Å². The summed E-state index contributed by atoms with van der Waals surface area (Å²) >= 11 is 0. The van der Waals surface area contributed by atoms with Crippen LogP contribution in [0.4, 0.5) is 11.7 Å². The first-order chi connectivity index (χ1) is 12.1. The third-order valence-electron chi connectivity index (χ3n) is 3.50. The van der Waals surface area contributed by atoms with Gasteiger partial charge in [-0.1, -0.05) is 5.10 Å². The second-order valence-corrected chi connectivity index (χ2v) is 4.99. The molecule has 1 heterocycles. The monoisotopic (exact) mass is 343 g/mol. The Morgan fingerprint density at radius 2 is 1.72 bits per heavy atom. The quantitative estimate of drug-likeness (QED) is 0.704. The molecular formula is C17H17N3O5. The first-order valence-corrected chi connectivity index (χ1v) is 7.34. The maximum atomic E-state index is 9.66. The molecule has 0 fully saturated rings. The van der Waals surface area contributed by atoms with E-state index in [1.54, 1.807) is 44.6 Å². The molecule has 130 valence electrons. The van der Waals surface area contributed by atoms with Crippen molar-refractivity contribution in [2.75, 3.05) is 26.6 Å². The van der Waals surface area contributed by atoms with E-state index in [9.17, 15) is 5.11 Å². The number of rotatable bonds is 6. The molecule has 0 radical (unpaired) electrons. The van der Waals surface area contributed by atoms with Crippen molar-refractivity contribution in [3.63, 3.8) is 0 Å². The lowest BCUT2D eigenvalue weighted by Gasteiger charge is -2.09. The average molecular weight is 343 g/mol. The molecule has 8 heteroatoms. The average Bonchev–Trinajstić information content (AvgIpc) is 3.10. The fourth-order valence-corrected chi connectivity index (χ4v) is 2.23. The molecule has 3 aromatic rings. The molecule has 3 rings (SSSR count). The van der Waals surface area contributed by atoms with Gasteiger partial charge in [0.1, 0.15) is 11.5 Å². The van der Waals surface area contributed by atoms with E-state index < -0.39 is 0 Å². The standard InChI is InChI=1S/C17H17N3O5/c1-22-11-5-7-14(23-2)12(9-11)18-17-20-19-16(25-17)10-4-6-13(21)15(8-10)24-3/h4-9,21H,1-3H3,(H,18,20). The van der Waals surface area contributed by atoms with Crippen molar-refractivity contribution in [3.05, 3.63) is 36.4 Å². The van der Waals surface area contributed by atoms with Gasteiger partial charge in [0.25, 0.3) is 0 Å². The predicted octanol–water partition coefficient (Wildman–Crippen LogP) is 3.21. The van der Waals surface area contributed by atoms with E-state index in [0.29, 0.717) is 28.5 Å². The number of phenols is 1. The van der Waals surface area contributed by atoms with Gasteiger partial charge < -0.3 is 29.1 Å². The molecule has 0 bridgehead atoms. The Morgan fingerprint density at radius 1 is 0.920 bits per heavy atom. The number of phenolic OH excluding ortho intramolecular Hbond substituents is 1. The molecule has 0 aliphatic heterocycles. The molecule has 1 aromatic heterocycles. The number of hydrogen-bond acceptors (Lipinski definition) is 8. The third kappa shape index (κ3) is 3.42. The second kappa shape index (κ2) is 7.00. The number of aromatic hydroxyl groups is 1. The molecule has 0 unspecified atom stereocenters.